The normalized spacial score (nSPS) is 10.2. The van der Waals surface area contributed by atoms with Gasteiger partial charge in [-0.1, -0.05) is 24.3 Å². The summed E-state index contributed by atoms with van der Waals surface area (Å²) in [4.78, 5) is 46.8. The van der Waals surface area contributed by atoms with Gasteiger partial charge in [0.1, 0.15) is 28.6 Å². The Balaban J connectivity index is 2.04. The maximum absolute atomic E-state index is 14.2. The number of amides is 2. The van der Waals surface area contributed by atoms with Crippen LogP contribution in [0.3, 0.4) is 0 Å². The molecule has 34 heavy (non-hydrogen) atoms. The van der Waals surface area contributed by atoms with Crippen LogP contribution < -0.4 is 10.6 Å². The van der Waals surface area contributed by atoms with Crippen LogP contribution in [0, 0.1) is 31.9 Å². The summed E-state index contributed by atoms with van der Waals surface area (Å²) in [5.41, 5.74) is -2.74. The number of rotatable bonds is 7. The molecule has 0 spiro atoms. The van der Waals surface area contributed by atoms with Gasteiger partial charge in [0.2, 0.25) is 0 Å². The number of anilines is 2. The fourth-order valence-corrected chi connectivity index (χ4v) is 2.87. The van der Waals surface area contributed by atoms with E-state index in [9.17, 15) is 38.6 Å². The number of nitro benzene ring substituents is 2. The van der Waals surface area contributed by atoms with Crippen molar-refractivity contribution in [1.29, 1.82) is 0 Å². The SMILES string of the molecule is O=C(Nc1ccccc1[N+](=O)[O-])C(=Cc1cc(F)ccc1F)C(=O)Nc1ccccc1[N+](=O)[O-]. The molecule has 0 saturated carbocycles. The lowest BCUT2D eigenvalue weighted by Crippen LogP contribution is -2.26. The van der Waals surface area contributed by atoms with Crippen molar-refractivity contribution in [3.8, 4) is 0 Å². The van der Waals surface area contributed by atoms with Gasteiger partial charge >= 0.3 is 0 Å². The van der Waals surface area contributed by atoms with Gasteiger partial charge in [0.25, 0.3) is 23.2 Å². The third-order valence-electron chi connectivity index (χ3n) is 4.45. The topological polar surface area (TPSA) is 144 Å². The van der Waals surface area contributed by atoms with Crippen molar-refractivity contribution in [2.24, 2.45) is 0 Å². The highest BCUT2D eigenvalue weighted by Crippen LogP contribution is 2.26. The minimum atomic E-state index is -1.20. The highest BCUT2D eigenvalue weighted by molar-refractivity contribution is 6.29. The Kier molecular flexibility index (Phi) is 7.01. The second-order valence-electron chi connectivity index (χ2n) is 6.68. The zero-order valence-electron chi connectivity index (χ0n) is 17.0. The first-order chi connectivity index (χ1) is 16.2. The third-order valence-corrected chi connectivity index (χ3v) is 4.45. The summed E-state index contributed by atoms with van der Waals surface area (Å²) in [6, 6.07) is 12.5. The first kappa shape index (κ1) is 23.7. The Labute approximate surface area is 189 Å². The molecule has 0 saturated heterocycles. The fourth-order valence-electron chi connectivity index (χ4n) is 2.87. The van der Waals surface area contributed by atoms with Crippen LogP contribution in [0.25, 0.3) is 6.08 Å². The van der Waals surface area contributed by atoms with Crippen LogP contribution in [-0.4, -0.2) is 21.7 Å². The van der Waals surface area contributed by atoms with E-state index in [0.717, 1.165) is 36.4 Å². The van der Waals surface area contributed by atoms with Gasteiger partial charge < -0.3 is 10.6 Å². The minimum Gasteiger partial charge on any atom is -0.316 e. The molecule has 2 amide bonds. The number of halogens is 2. The molecule has 0 aromatic heterocycles. The molecule has 2 N–H and O–H groups in total. The number of hydrogen-bond donors (Lipinski definition) is 2. The molecule has 0 aliphatic carbocycles. The summed E-state index contributed by atoms with van der Waals surface area (Å²) in [5.74, 6) is -4.22. The maximum Gasteiger partial charge on any atom is 0.292 e. The molecule has 0 atom stereocenters. The van der Waals surface area contributed by atoms with E-state index in [2.05, 4.69) is 10.6 Å². The predicted octanol–water partition coefficient (Wildman–Crippen LogP) is 4.44. The van der Waals surface area contributed by atoms with E-state index >= 15 is 0 Å². The van der Waals surface area contributed by atoms with Crippen LogP contribution in [0.5, 0.6) is 0 Å². The molecule has 3 aromatic rings. The highest BCUT2D eigenvalue weighted by atomic mass is 19.1. The molecule has 3 rings (SSSR count). The van der Waals surface area contributed by atoms with E-state index in [4.69, 9.17) is 0 Å². The number of nitrogens with zero attached hydrogens (tertiary/aromatic N) is 2. The molecule has 0 fully saturated rings. The second-order valence-corrected chi connectivity index (χ2v) is 6.68. The van der Waals surface area contributed by atoms with Gasteiger partial charge in [-0.25, -0.2) is 8.78 Å². The van der Waals surface area contributed by atoms with Crippen molar-refractivity contribution in [2.75, 3.05) is 10.6 Å². The number of nitrogens with one attached hydrogen (secondary N) is 2. The first-order valence-corrected chi connectivity index (χ1v) is 9.43. The lowest BCUT2D eigenvalue weighted by atomic mass is 10.1. The number of para-hydroxylation sites is 4. The standard InChI is InChI=1S/C22H14F2N4O6/c23-14-9-10-16(24)13(11-14)12-15(21(29)25-17-5-1-3-7-19(17)27(31)32)22(30)26-18-6-2-4-8-20(18)28(33)34/h1-12H,(H,25,29)(H,26,30). The van der Waals surface area contributed by atoms with Crippen LogP contribution in [-0.2, 0) is 9.59 Å². The smallest absolute Gasteiger partial charge is 0.292 e. The number of carbonyl (C=O) groups excluding carboxylic acids is 2. The largest absolute Gasteiger partial charge is 0.316 e. The van der Waals surface area contributed by atoms with Crippen LogP contribution in [0.4, 0.5) is 31.5 Å². The van der Waals surface area contributed by atoms with Crippen LogP contribution in [0.1, 0.15) is 5.56 Å². The third kappa shape index (κ3) is 5.43. The number of hydrogen-bond acceptors (Lipinski definition) is 6. The molecule has 3 aromatic carbocycles. The summed E-state index contributed by atoms with van der Waals surface area (Å²) >= 11 is 0. The molecule has 0 heterocycles. The zero-order valence-corrected chi connectivity index (χ0v) is 17.0. The van der Waals surface area contributed by atoms with Gasteiger partial charge in [0, 0.05) is 17.7 Å². The molecule has 0 bridgehead atoms. The Morgan fingerprint density at radius 1 is 0.765 bits per heavy atom. The Morgan fingerprint density at radius 3 is 1.71 bits per heavy atom. The van der Waals surface area contributed by atoms with Gasteiger partial charge in [-0.2, -0.15) is 0 Å². The molecule has 0 aliphatic rings. The number of nitro groups is 2. The molecule has 10 nitrogen and oxygen atoms in total. The Bertz CT molecular complexity index is 1270. The summed E-state index contributed by atoms with van der Waals surface area (Å²) < 4.78 is 27.8. The van der Waals surface area contributed by atoms with E-state index in [-0.39, 0.29) is 11.4 Å². The molecule has 0 aliphatic heterocycles. The molecule has 172 valence electrons. The zero-order chi connectivity index (χ0) is 24.8. The van der Waals surface area contributed by atoms with Crippen LogP contribution in [0.2, 0.25) is 0 Å². The van der Waals surface area contributed by atoms with Crippen molar-refractivity contribution < 1.29 is 28.2 Å². The molecule has 0 unspecified atom stereocenters. The molecular weight excluding hydrogens is 454 g/mol. The highest BCUT2D eigenvalue weighted by Gasteiger charge is 2.25. The van der Waals surface area contributed by atoms with E-state index in [1.54, 1.807) is 0 Å². The quantitative estimate of drug-likeness (QED) is 0.172. The van der Waals surface area contributed by atoms with Crippen molar-refractivity contribution in [1.82, 2.24) is 0 Å². The Morgan fingerprint density at radius 2 is 1.24 bits per heavy atom. The lowest BCUT2D eigenvalue weighted by molar-refractivity contribution is -0.384. The van der Waals surface area contributed by atoms with Crippen LogP contribution >= 0.6 is 0 Å². The molecule has 12 heteroatoms. The van der Waals surface area contributed by atoms with Crippen molar-refractivity contribution in [3.05, 3.63) is 110 Å². The first-order valence-electron chi connectivity index (χ1n) is 9.43. The summed E-state index contributed by atoms with van der Waals surface area (Å²) in [6.45, 7) is 0. The average Bonchev–Trinajstić information content (AvgIpc) is 2.79. The van der Waals surface area contributed by atoms with Crippen molar-refractivity contribution >= 4 is 40.6 Å². The van der Waals surface area contributed by atoms with Gasteiger partial charge in [0.05, 0.1) is 9.85 Å². The average molecular weight is 468 g/mol. The van der Waals surface area contributed by atoms with Gasteiger partial charge in [0.15, 0.2) is 0 Å². The summed E-state index contributed by atoms with van der Waals surface area (Å²) in [7, 11) is 0. The maximum atomic E-state index is 14.2. The second kappa shape index (κ2) is 10.1. The van der Waals surface area contributed by atoms with Crippen molar-refractivity contribution in [3.63, 3.8) is 0 Å². The van der Waals surface area contributed by atoms with Gasteiger partial charge in [-0.05, 0) is 36.4 Å². The van der Waals surface area contributed by atoms with E-state index < -0.39 is 55.8 Å². The summed E-state index contributed by atoms with van der Waals surface area (Å²) in [5, 5.41) is 26.8. The number of benzene rings is 3. The van der Waals surface area contributed by atoms with Crippen molar-refractivity contribution in [2.45, 2.75) is 0 Å². The van der Waals surface area contributed by atoms with E-state index in [1.165, 1.54) is 36.4 Å². The fraction of sp³-hybridized carbons (Fsp3) is 0. The lowest BCUT2D eigenvalue weighted by Gasteiger charge is -2.11. The minimum absolute atomic E-state index is 0.262. The van der Waals surface area contributed by atoms with Crippen LogP contribution in [0.15, 0.2) is 72.3 Å². The van der Waals surface area contributed by atoms with E-state index in [0.29, 0.717) is 0 Å². The molecular formula is C22H14F2N4O6. The Hall–Kier alpha value is -5.00. The summed E-state index contributed by atoms with van der Waals surface area (Å²) in [6.07, 6.45) is 0.729. The monoisotopic (exact) mass is 468 g/mol. The molecule has 0 radical (unpaired) electrons. The van der Waals surface area contributed by atoms with Gasteiger partial charge in [-0.15, -0.1) is 0 Å². The van der Waals surface area contributed by atoms with Gasteiger partial charge in [-0.3, -0.25) is 29.8 Å². The van der Waals surface area contributed by atoms with E-state index in [1.807, 2.05) is 0 Å². The predicted molar refractivity (Wildman–Crippen MR) is 118 cm³/mol. The number of carbonyl (C=O) groups is 2.